The van der Waals surface area contributed by atoms with Gasteiger partial charge in [-0.3, -0.25) is 4.79 Å². The minimum absolute atomic E-state index is 0.0113. The van der Waals surface area contributed by atoms with E-state index in [1.165, 1.54) is 70.6 Å². The third-order valence-corrected chi connectivity index (χ3v) is 5.55. The van der Waals surface area contributed by atoms with Crippen molar-refractivity contribution in [2.24, 2.45) is 0 Å². The van der Waals surface area contributed by atoms with Crippen LogP contribution in [0, 0.1) is 0 Å². The molecule has 0 unspecified atom stereocenters. The standard InChI is InChI=1S/C22H35Cl2NO/c1-2-3-4-5-6-7-8-9-10-11-12-13-14-18-21(26)25-20-17-15-16-19(23)22(20)24/h15-17H,2-14,18H2,1H3,(H,25,26). The van der Waals surface area contributed by atoms with E-state index in [0.29, 0.717) is 22.2 Å². The van der Waals surface area contributed by atoms with Crippen LogP contribution < -0.4 is 5.32 Å². The number of hydrogen-bond donors (Lipinski definition) is 1. The summed E-state index contributed by atoms with van der Waals surface area (Å²) in [6.07, 6.45) is 17.5. The van der Waals surface area contributed by atoms with Gasteiger partial charge >= 0.3 is 0 Å². The van der Waals surface area contributed by atoms with Crippen LogP contribution in [0.1, 0.15) is 96.8 Å². The Morgan fingerprint density at radius 2 is 1.31 bits per heavy atom. The number of benzene rings is 1. The molecule has 1 rings (SSSR count). The third kappa shape index (κ3) is 11.1. The maximum absolute atomic E-state index is 12.0. The van der Waals surface area contributed by atoms with Crippen molar-refractivity contribution >= 4 is 34.8 Å². The molecule has 1 N–H and O–H groups in total. The first-order chi connectivity index (χ1) is 12.6. The van der Waals surface area contributed by atoms with Crippen LogP contribution in [0.2, 0.25) is 10.0 Å². The summed E-state index contributed by atoms with van der Waals surface area (Å²) in [5, 5.41) is 3.71. The van der Waals surface area contributed by atoms with Gasteiger partial charge in [-0.1, -0.05) is 113 Å². The fourth-order valence-corrected chi connectivity index (χ4v) is 3.46. The molecule has 0 saturated heterocycles. The molecule has 4 heteroatoms. The van der Waals surface area contributed by atoms with Crippen molar-refractivity contribution in [2.75, 3.05) is 5.32 Å². The highest BCUT2D eigenvalue weighted by molar-refractivity contribution is 6.43. The topological polar surface area (TPSA) is 29.1 Å². The van der Waals surface area contributed by atoms with E-state index in [2.05, 4.69) is 12.2 Å². The number of unbranched alkanes of at least 4 members (excludes halogenated alkanes) is 12. The zero-order valence-electron chi connectivity index (χ0n) is 16.3. The van der Waals surface area contributed by atoms with E-state index in [4.69, 9.17) is 23.2 Å². The number of halogens is 2. The molecule has 0 aromatic heterocycles. The Bertz CT molecular complexity index is 505. The smallest absolute Gasteiger partial charge is 0.224 e. The Kier molecular flexibility index (Phi) is 13.8. The van der Waals surface area contributed by atoms with Gasteiger partial charge in [-0.15, -0.1) is 0 Å². The van der Waals surface area contributed by atoms with Crippen LogP contribution in [0.5, 0.6) is 0 Å². The van der Waals surface area contributed by atoms with Crippen LogP contribution in [0.15, 0.2) is 18.2 Å². The number of nitrogens with one attached hydrogen (secondary N) is 1. The Morgan fingerprint density at radius 3 is 1.85 bits per heavy atom. The minimum Gasteiger partial charge on any atom is -0.325 e. The van der Waals surface area contributed by atoms with E-state index in [-0.39, 0.29) is 5.91 Å². The van der Waals surface area contributed by atoms with Crippen molar-refractivity contribution in [1.82, 2.24) is 0 Å². The second-order valence-corrected chi connectivity index (χ2v) is 7.93. The molecule has 0 spiro atoms. The molecule has 0 heterocycles. The number of amides is 1. The van der Waals surface area contributed by atoms with E-state index in [1.54, 1.807) is 18.2 Å². The summed E-state index contributed by atoms with van der Waals surface area (Å²) in [6.45, 7) is 2.27. The fraction of sp³-hybridized carbons (Fsp3) is 0.682. The molecule has 0 aliphatic carbocycles. The molecule has 0 fully saturated rings. The molecular formula is C22H35Cl2NO. The summed E-state index contributed by atoms with van der Waals surface area (Å²) in [5.74, 6) is 0.0113. The lowest BCUT2D eigenvalue weighted by molar-refractivity contribution is -0.116. The number of hydrogen-bond acceptors (Lipinski definition) is 1. The van der Waals surface area contributed by atoms with Crippen LogP contribution in [-0.4, -0.2) is 5.91 Å². The second kappa shape index (κ2) is 15.3. The maximum atomic E-state index is 12.0. The number of anilines is 1. The molecular weight excluding hydrogens is 365 g/mol. The van der Waals surface area contributed by atoms with E-state index in [9.17, 15) is 4.79 Å². The third-order valence-electron chi connectivity index (χ3n) is 4.73. The largest absolute Gasteiger partial charge is 0.325 e. The van der Waals surface area contributed by atoms with Gasteiger partial charge in [0.1, 0.15) is 0 Å². The van der Waals surface area contributed by atoms with Gasteiger partial charge in [-0.25, -0.2) is 0 Å². The molecule has 0 saturated carbocycles. The monoisotopic (exact) mass is 399 g/mol. The van der Waals surface area contributed by atoms with Gasteiger partial charge in [0.05, 0.1) is 15.7 Å². The number of carbonyl (C=O) groups is 1. The van der Waals surface area contributed by atoms with Crippen molar-refractivity contribution in [1.29, 1.82) is 0 Å². The van der Waals surface area contributed by atoms with E-state index in [1.807, 2.05) is 0 Å². The SMILES string of the molecule is CCCCCCCCCCCCCCCC(=O)Nc1cccc(Cl)c1Cl. The molecule has 148 valence electrons. The molecule has 1 aromatic rings. The van der Waals surface area contributed by atoms with Crippen LogP contribution in [0.3, 0.4) is 0 Å². The Balaban J connectivity index is 1.92. The molecule has 0 aliphatic rings. The molecule has 26 heavy (non-hydrogen) atoms. The van der Waals surface area contributed by atoms with E-state index < -0.39 is 0 Å². The van der Waals surface area contributed by atoms with Gasteiger partial charge < -0.3 is 5.32 Å². The van der Waals surface area contributed by atoms with Gasteiger partial charge in [0.2, 0.25) is 5.91 Å². The molecule has 1 amide bonds. The highest BCUT2D eigenvalue weighted by Gasteiger charge is 2.07. The normalized spacial score (nSPS) is 10.9. The molecule has 0 bridgehead atoms. The fourth-order valence-electron chi connectivity index (χ4n) is 3.12. The molecule has 2 nitrogen and oxygen atoms in total. The van der Waals surface area contributed by atoms with Crippen LogP contribution in [0.25, 0.3) is 0 Å². The zero-order valence-corrected chi connectivity index (χ0v) is 17.8. The molecule has 1 aromatic carbocycles. The summed E-state index contributed by atoms with van der Waals surface area (Å²) < 4.78 is 0. The minimum atomic E-state index is 0.0113. The molecule has 0 atom stereocenters. The Hall–Kier alpha value is -0.730. The highest BCUT2D eigenvalue weighted by atomic mass is 35.5. The lowest BCUT2D eigenvalue weighted by Gasteiger charge is -2.08. The van der Waals surface area contributed by atoms with Crippen molar-refractivity contribution < 1.29 is 4.79 Å². The van der Waals surface area contributed by atoms with Gasteiger partial charge in [0, 0.05) is 6.42 Å². The first kappa shape index (κ1) is 23.3. The summed E-state index contributed by atoms with van der Waals surface area (Å²) in [4.78, 5) is 12.0. The van der Waals surface area contributed by atoms with Crippen molar-refractivity contribution in [2.45, 2.75) is 96.8 Å². The van der Waals surface area contributed by atoms with Crippen molar-refractivity contribution in [3.8, 4) is 0 Å². The van der Waals surface area contributed by atoms with Gasteiger partial charge in [0.15, 0.2) is 0 Å². The predicted molar refractivity (Wildman–Crippen MR) is 115 cm³/mol. The van der Waals surface area contributed by atoms with Crippen molar-refractivity contribution in [3.63, 3.8) is 0 Å². The van der Waals surface area contributed by atoms with Gasteiger partial charge in [-0.05, 0) is 18.6 Å². The Morgan fingerprint density at radius 1 is 0.808 bits per heavy atom. The lowest BCUT2D eigenvalue weighted by atomic mass is 10.0. The number of carbonyl (C=O) groups excluding carboxylic acids is 1. The summed E-state index contributed by atoms with van der Waals surface area (Å²) in [5.41, 5.74) is 0.596. The maximum Gasteiger partial charge on any atom is 0.224 e. The first-order valence-electron chi connectivity index (χ1n) is 10.4. The van der Waals surface area contributed by atoms with Gasteiger partial charge in [0.25, 0.3) is 0 Å². The summed E-state index contributed by atoms with van der Waals surface area (Å²) in [6, 6.07) is 5.27. The van der Waals surface area contributed by atoms with E-state index >= 15 is 0 Å². The second-order valence-electron chi connectivity index (χ2n) is 7.14. The van der Waals surface area contributed by atoms with Crippen molar-refractivity contribution in [3.05, 3.63) is 28.2 Å². The predicted octanol–water partition coefficient (Wildman–Crippen LogP) is 8.41. The van der Waals surface area contributed by atoms with Crippen LogP contribution in [0.4, 0.5) is 5.69 Å². The zero-order chi connectivity index (χ0) is 19.0. The van der Waals surface area contributed by atoms with Gasteiger partial charge in [-0.2, -0.15) is 0 Å². The quantitative estimate of drug-likeness (QED) is 0.294. The lowest BCUT2D eigenvalue weighted by Crippen LogP contribution is -2.11. The number of rotatable bonds is 15. The van der Waals surface area contributed by atoms with Crippen LogP contribution in [-0.2, 0) is 4.79 Å². The molecule has 0 radical (unpaired) electrons. The summed E-state index contributed by atoms with van der Waals surface area (Å²) in [7, 11) is 0. The highest BCUT2D eigenvalue weighted by Crippen LogP contribution is 2.29. The average molecular weight is 400 g/mol. The van der Waals surface area contributed by atoms with Crippen LogP contribution >= 0.6 is 23.2 Å². The average Bonchev–Trinajstić information content (AvgIpc) is 2.63. The first-order valence-corrected chi connectivity index (χ1v) is 11.1. The molecule has 0 aliphatic heterocycles. The summed E-state index contributed by atoms with van der Waals surface area (Å²) >= 11 is 12.0. The van der Waals surface area contributed by atoms with E-state index in [0.717, 1.165) is 12.8 Å². The Labute approximate surface area is 170 Å².